The smallest absolute Gasteiger partial charge is 0.323 e. The molecule has 0 aliphatic carbocycles. The highest BCUT2D eigenvalue weighted by Crippen LogP contribution is 2.17. The molecule has 3 heteroatoms. The molecule has 0 amide bonds. The number of hydrogen-bond donors (Lipinski definition) is 2. The zero-order chi connectivity index (χ0) is 13.8. The third-order valence-corrected chi connectivity index (χ3v) is 3.61. The molecule has 18 heavy (non-hydrogen) atoms. The van der Waals surface area contributed by atoms with Crippen molar-refractivity contribution in [2.24, 2.45) is 0 Å². The Kier molecular flexibility index (Phi) is 4.91. The van der Waals surface area contributed by atoms with Crippen molar-refractivity contribution in [2.75, 3.05) is 0 Å². The molecular weight excluding hydrogens is 226 g/mol. The van der Waals surface area contributed by atoms with Gasteiger partial charge in [-0.05, 0) is 43.9 Å². The molecule has 1 atom stereocenters. The van der Waals surface area contributed by atoms with Gasteiger partial charge < -0.3 is 5.11 Å². The molecule has 0 saturated heterocycles. The van der Waals surface area contributed by atoms with E-state index >= 15 is 0 Å². The van der Waals surface area contributed by atoms with Crippen LogP contribution < -0.4 is 5.32 Å². The summed E-state index contributed by atoms with van der Waals surface area (Å²) in [6.45, 7) is 8.49. The van der Waals surface area contributed by atoms with Crippen LogP contribution in [-0.2, 0) is 11.3 Å². The van der Waals surface area contributed by atoms with Crippen LogP contribution in [0.15, 0.2) is 18.2 Å². The van der Waals surface area contributed by atoms with Crippen molar-refractivity contribution in [3.05, 3.63) is 34.9 Å². The maximum absolute atomic E-state index is 11.3. The van der Waals surface area contributed by atoms with Gasteiger partial charge >= 0.3 is 5.97 Å². The van der Waals surface area contributed by atoms with Crippen molar-refractivity contribution in [2.45, 2.75) is 52.6 Å². The minimum absolute atomic E-state index is 0.594. The van der Waals surface area contributed by atoms with Gasteiger partial charge in [0, 0.05) is 6.54 Å². The van der Waals surface area contributed by atoms with Crippen LogP contribution in [0.25, 0.3) is 0 Å². The number of aliphatic carboxylic acids is 1. The highest BCUT2D eigenvalue weighted by molar-refractivity contribution is 5.78. The van der Waals surface area contributed by atoms with Crippen molar-refractivity contribution in [1.82, 2.24) is 5.32 Å². The van der Waals surface area contributed by atoms with E-state index in [2.05, 4.69) is 25.2 Å². The van der Waals surface area contributed by atoms with E-state index in [0.29, 0.717) is 13.0 Å². The van der Waals surface area contributed by atoms with Crippen LogP contribution in [-0.4, -0.2) is 16.6 Å². The summed E-state index contributed by atoms with van der Waals surface area (Å²) in [5.74, 6) is -0.783. The fraction of sp³-hybridized carbons (Fsp3) is 0.533. The van der Waals surface area contributed by atoms with E-state index in [1.54, 1.807) is 6.92 Å². The van der Waals surface area contributed by atoms with Gasteiger partial charge in [0.25, 0.3) is 0 Å². The first-order valence-electron chi connectivity index (χ1n) is 6.44. The lowest BCUT2D eigenvalue weighted by molar-refractivity contribution is -0.144. The highest BCUT2D eigenvalue weighted by atomic mass is 16.4. The highest BCUT2D eigenvalue weighted by Gasteiger charge is 2.31. The lowest BCUT2D eigenvalue weighted by Gasteiger charge is -2.26. The molecule has 0 saturated carbocycles. The first kappa shape index (κ1) is 14.7. The van der Waals surface area contributed by atoms with Crippen molar-refractivity contribution in [1.29, 1.82) is 0 Å². The second kappa shape index (κ2) is 6.01. The predicted octanol–water partition coefficient (Wildman–Crippen LogP) is 3.04. The van der Waals surface area contributed by atoms with E-state index < -0.39 is 11.5 Å². The normalized spacial score (nSPS) is 14.2. The Balaban J connectivity index is 2.79. The van der Waals surface area contributed by atoms with Gasteiger partial charge in [-0.25, -0.2) is 0 Å². The van der Waals surface area contributed by atoms with Crippen LogP contribution in [0.5, 0.6) is 0 Å². The number of rotatable bonds is 6. The Hall–Kier alpha value is -1.35. The van der Waals surface area contributed by atoms with Crippen LogP contribution in [0, 0.1) is 13.8 Å². The molecule has 0 heterocycles. The van der Waals surface area contributed by atoms with Crippen molar-refractivity contribution >= 4 is 5.97 Å². The molecule has 1 aromatic rings. The number of carboxylic acid groups (broad SMARTS) is 1. The average Bonchev–Trinajstić information content (AvgIpc) is 2.31. The first-order chi connectivity index (χ1) is 8.40. The number of hydrogen-bond acceptors (Lipinski definition) is 2. The van der Waals surface area contributed by atoms with Crippen molar-refractivity contribution < 1.29 is 9.90 Å². The van der Waals surface area contributed by atoms with Gasteiger partial charge in [0.2, 0.25) is 0 Å². The van der Waals surface area contributed by atoms with Crippen LogP contribution in [0.4, 0.5) is 0 Å². The predicted molar refractivity (Wildman–Crippen MR) is 73.7 cm³/mol. The van der Waals surface area contributed by atoms with Gasteiger partial charge in [0.1, 0.15) is 5.54 Å². The fourth-order valence-electron chi connectivity index (χ4n) is 2.06. The zero-order valence-corrected chi connectivity index (χ0v) is 11.7. The average molecular weight is 249 g/mol. The van der Waals surface area contributed by atoms with E-state index in [9.17, 15) is 9.90 Å². The Morgan fingerprint density at radius 2 is 2.06 bits per heavy atom. The summed E-state index contributed by atoms with van der Waals surface area (Å²) in [5, 5.41) is 12.5. The van der Waals surface area contributed by atoms with Crippen LogP contribution >= 0.6 is 0 Å². The summed E-state index contributed by atoms with van der Waals surface area (Å²) in [6.07, 6.45) is 1.48. The summed E-state index contributed by atoms with van der Waals surface area (Å²) in [7, 11) is 0. The van der Waals surface area contributed by atoms with E-state index in [1.807, 2.05) is 19.1 Å². The Labute approximate surface area is 109 Å². The SMILES string of the molecule is CCCC(C)(NCc1cccc(C)c1C)C(=O)O. The molecule has 3 nitrogen and oxygen atoms in total. The number of nitrogens with one attached hydrogen (secondary N) is 1. The van der Waals surface area contributed by atoms with Gasteiger partial charge in [-0.15, -0.1) is 0 Å². The molecule has 0 aliphatic heterocycles. The molecule has 100 valence electrons. The van der Waals surface area contributed by atoms with Gasteiger partial charge in [0.05, 0.1) is 0 Å². The van der Waals surface area contributed by atoms with Gasteiger partial charge in [-0.2, -0.15) is 0 Å². The van der Waals surface area contributed by atoms with Crippen molar-refractivity contribution in [3.8, 4) is 0 Å². The Morgan fingerprint density at radius 1 is 1.39 bits per heavy atom. The fourth-order valence-corrected chi connectivity index (χ4v) is 2.06. The van der Waals surface area contributed by atoms with Crippen LogP contribution in [0.3, 0.4) is 0 Å². The molecule has 1 unspecified atom stereocenters. The molecule has 0 spiro atoms. The second-order valence-corrected chi connectivity index (χ2v) is 5.10. The third kappa shape index (κ3) is 3.33. The van der Waals surface area contributed by atoms with E-state index in [0.717, 1.165) is 6.42 Å². The zero-order valence-electron chi connectivity index (χ0n) is 11.7. The first-order valence-corrected chi connectivity index (χ1v) is 6.44. The summed E-state index contributed by atoms with van der Waals surface area (Å²) in [6, 6.07) is 6.13. The minimum Gasteiger partial charge on any atom is -0.480 e. The number of carbonyl (C=O) groups is 1. The molecule has 0 fully saturated rings. The summed E-state index contributed by atoms with van der Waals surface area (Å²) in [5.41, 5.74) is 2.79. The lowest BCUT2D eigenvalue weighted by atomic mass is 9.95. The van der Waals surface area contributed by atoms with E-state index in [4.69, 9.17) is 0 Å². The largest absolute Gasteiger partial charge is 0.480 e. The van der Waals surface area contributed by atoms with Crippen molar-refractivity contribution in [3.63, 3.8) is 0 Å². The second-order valence-electron chi connectivity index (χ2n) is 5.10. The monoisotopic (exact) mass is 249 g/mol. The molecule has 0 radical (unpaired) electrons. The number of carboxylic acids is 1. The number of benzene rings is 1. The molecule has 1 aromatic carbocycles. The third-order valence-electron chi connectivity index (χ3n) is 3.61. The standard InChI is InChI=1S/C15H23NO2/c1-5-9-15(4,14(17)18)16-10-13-8-6-7-11(2)12(13)3/h6-8,16H,5,9-10H2,1-4H3,(H,17,18). The van der Waals surface area contributed by atoms with E-state index in [1.165, 1.54) is 16.7 Å². The van der Waals surface area contributed by atoms with E-state index in [-0.39, 0.29) is 0 Å². The number of aryl methyl sites for hydroxylation is 1. The van der Waals surface area contributed by atoms with Gasteiger partial charge in [-0.1, -0.05) is 31.5 Å². The molecule has 0 aliphatic rings. The molecule has 0 aromatic heterocycles. The quantitative estimate of drug-likeness (QED) is 0.814. The van der Waals surface area contributed by atoms with Gasteiger partial charge in [0.15, 0.2) is 0 Å². The maximum atomic E-state index is 11.3. The summed E-state index contributed by atoms with van der Waals surface area (Å²) in [4.78, 5) is 11.3. The molecule has 1 rings (SSSR count). The maximum Gasteiger partial charge on any atom is 0.323 e. The topological polar surface area (TPSA) is 49.3 Å². The van der Waals surface area contributed by atoms with Gasteiger partial charge in [-0.3, -0.25) is 10.1 Å². The summed E-state index contributed by atoms with van der Waals surface area (Å²) < 4.78 is 0. The Morgan fingerprint density at radius 3 is 2.61 bits per heavy atom. The summed E-state index contributed by atoms with van der Waals surface area (Å²) >= 11 is 0. The molecule has 2 N–H and O–H groups in total. The van der Waals surface area contributed by atoms with Crippen LogP contribution in [0.2, 0.25) is 0 Å². The van der Waals surface area contributed by atoms with Crippen LogP contribution in [0.1, 0.15) is 43.4 Å². The lowest BCUT2D eigenvalue weighted by Crippen LogP contribution is -2.49. The molecular formula is C15H23NO2. The molecule has 0 bridgehead atoms. The minimum atomic E-state index is -0.842. The Bertz CT molecular complexity index is 429.